The molecule has 10 heavy (non-hydrogen) atoms. The van der Waals surface area contributed by atoms with Crippen LogP contribution < -0.4 is 0 Å². The number of carbonyl (C=O) groups is 1. The lowest BCUT2D eigenvalue weighted by Gasteiger charge is -2.07. The molecule has 0 aromatic carbocycles. The van der Waals surface area contributed by atoms with Crippen molar-refractivity contribution in [3.63, 3.8) is 0 Å². The molecule has 0 spiro atoms. The molecule has 1 atom stereocenters. The van der Waals surface area contributed by atoms with E-state index in [9.17, 15) is 4.79 Å². The first-order valence-electron chi connectivity index (χ1n) is 3.52. The molecule has 0 fully saturated rings. The molecule has 0 aromatic heterocycles. The maximum atomic E-state index is 10.2. The Morgan fingerprint density at radius 2 is 2.30 bits per heavy atom. The van der Waals surface area contributed by atoms with Gasteiger partial charge < -0.3 is 4.74 Å². The molecule has 0 saturated heterocycles. The minimum atomic E-state index is -0.483. The van der Waals surface area contributed by atoms with Gasteiger partial charge in [-0.1, -0.05) is 32.9 Å². The van der Waals surface area contributed by atoms with E-state index in [1.165, 1.54) is 0 Å². The van der Waals surface area contributed by atoms with Gasteiger partial charge >= 0.3 is 5.30 Å². The van der Waals surface area contributed by atoms with Gasteiger partial charge in [0.15, 0.2) is 0 Å². The Kier molecular flexibility index (Phi) is 5.49. The van der Waals surface area contributed by atoms with Crippen LogP contribution >= 0.6 is 12.6 Å². The van der Waals surface area contributed by atoms with Crippen LogP contribution in [-0.2, 0) is 4.74 Å². The minimum absolute atomic E-state index is 0.459. The van der Waals surface area contributed by atoms with E-state index < -0.39 is 5.30 Å². The summed E-state index contributed by atoms with van der Waals surface area (Å²) in [7, 11) is 0. The van der Waals surface area contributed by atoms with E-state index in [1.54, 1.807) is 0 Å². The van der Waals surface area contributed by atoms with Gasteiger partial charge in [-0.05, 0) is 12.3 Å². The van der Waals surface area contributed by atoms with Gasteiger partial charge in [-0.3, -0.25) is 0 Å². The van der Waals surface area contributed by atoms with E-state index >= 15 is 0 Å². The quantitative estimate of drug-likeness (QED) is 0.507. The normalized spacial score (nSPS) is 12.7. The fourth-order valence-corrected chi connectivity index (χ4v) is 0.864. The smallest absolute Gasteiger partial charge is 0.364 e. The van der Waals surface area contributed by atoms with Crippen LogP contribution in [0.2, 0.25) is 0 Å². The highest BCUT2D eigenvalue weighted by Gasteiger charge is 2.01. The Morgan fingerprint density at radius 1 is 1.70 bits per heavy atom. The number of carbonyl (C=O) groups excluding carboxylic acids is 1. The molecule has 60 valence electrons. The van der Waals surface area contributed by atoms with Gasteiger partial charge in [0, 0.05) is 0 Å². The molecular formula is C7H14O2S. The summed E-state index contributed by atoms with van der Waals surface area (Å²) in [6, 6.07) is 0. The number of hydrogen-bond donors (Lipinski definition) is 1. The fraction of sp³-hybridized carbons (Fsp3) is 0.857. The zero-order valence-electron chi connectivity index (χ0n) is 6.46. The highest BCUT2D eigenvalue weighted by Crippen LogP contribution is 2.05. The van der Waals surface area contributed by atoms with Crippen LogP contribution in [0.4, 0.5) is 4.79 Å². The van der Waals surface area contributed by atoms with Crippen molar-refractivity contribution in [3.8, 4) is 0 Å². The van der Waals surface area contributed by atoms with E-state index in [0.717, 1.165) is 12.8 Å². The summed E-state index contributed by atoms with van der Waals surface area (Å²) in [4.78, 5) is 10.2. The summed E-state index contributed by atoms with van der Waals surface area (Å²) in [6.07, 6.45) is 2.23. The highest BCUT2D eigenvalue weighted by atomic mass is 32.1. The predicted octanol–water partition coefficient (Wildman–Crippen LogP) is 2.49. The van der Waals surface area contributed by atoms with Crippen LogP contribution in [0.25, 0.3) is 0 Å². The first-order valence-corrected chi connectivity index (χ1v) is 3.97. The van der Waals surface area contributed by atoms with Crippen LogP contribution in [0, 0.1) is 5.92 Å². The van der Waals surface area contributed by atoms with Crippen LogP contribution in [-0.4, -0.2) is 11.9 Å². The molecule has 0 amide bonds. The van der Waals surface area contributed by atoms with Crippen molar-refractivity contribution < 1.29 is 9.53 Å². The second-order valence-electron chi connectivity index (χ2n) is 2.47. The van der Waals surface area contributed by atoms with E-state index in [4.69, 9.17) is 0 Å². The number of thiol groups is 1. The van der Waals surface area contributed by atoms with Crippen LogP contribution in [0.5, 0.6) is 0 Å². The lowest BCUT2D eigenvalue weighted by Crippen LogP contribution is -2.06. The Bertz CT molecular complexity index is 104. The minimum Gasteiger partial charge on any atom is -0.457 e. The van der Waals surface area contributed by atoms with E-state index in [1.807, 2.05) is 0 Å². The third kappa shape index (κ3) is 5.95. The summed E-state index contributed by atoms with van der Waals surface area (Å²) >= 11 is 3.48. The predicted molar refractivity (Wildman–Crippen MR) is 44.4 cm³/mol. The van der Waals surface area contributed by atoms with Gasteiger partial charge in [0.2, 0.25) is 0 Å². The van der Waals surface area contributed by atoms with E-state index in [0.29, 0.717) is 12.5 Å². The SMILES string of the molecule is CCCC(C)COC(=O)S. The topological polar surface area (TPSA) is 26.3 Å². The van der Waals surface area contributed by atoms with Gasteiger partial charge in [-0.15, -0.1) is 0 Å². The van der Waals surface area contributed by atoms with E-state index in [2.05, 4.69) is 31.2 Å². The second kappa shape index (κ2) is 5.59. The van der Waals surface area contributed by atoms with Crippen molar-refractivity contribution in [3.05, 3.63) is 0 Å². The Morgan fingerprint density at radius 3 is 2.70 bits per heavy atom. The largest absolute Gasteiger partial charge is 0.457 e. The van der Waals surface area contributed by atoms with Crippen molar-refractivity contribution in [1.29, 1.82) is 0 Å². The molecule has 0 rings (SSSR count). The van der Waals surface area contributed by atoms with E-state index in [-0.39, 0.29) is 0 Å². The molecule has 0 bridgehead atoms. The molecule has 0 aliphatic heterocycles. The van der Waals surface area contributed by atoms with Crippen LogP contribution in [0.15, 0.2) is 0 Å². The maximum Gasteiger partial charge on any atom is 0.364 e. The number of hydrogen-bond acceptors (Lipinski definition) is 2. The van der Waals surface area contributed by atoms with Gasteiger partial charge in [-0.2, -0.15) is 0 Å². The van der Waals surface area contributed by atoms with Crippen molar-refractivity contribution >= 4 is 17.9 Å². The third-order valence-corrected chi connectivity index (χ3v) is 1.40. The lowest BCUT2D eigenvalue weighted by molar-refractivity contribution is 0.155. The molecule has 0 radical (unpaired) electrons. The standard InChI is InChI=1S/C7H14O2S/c1-3-4-6(2)5-9-7(8)10/h6H,3-5H2,1-2H3,(H,8,10). The summed E-state index contributed by atoms with van der Waals surface area (Å²) in [5.41, 5.74) is 0. The summed E-state index contributed by atoms with van der Waals surface area (Å²) < 4.78 is 4.68. The Hall–Kier alpha value is -0.180. The highest BCUT2D eigenvalue weighted by molar-refractivity contribution is 7.96. The van der Waals surface area contributed by atoms with Crippen molar-refractivity contribution in [1.82, 2.24) is 0 Å². The summed E-state index contributed by atoms with van der Waals surface area (Å²) in [5.74, 6) is 0.459. The molecule has 3 heteroatoms. The van der Waals surface area contributed by atoms with Crippen LogP contribution in [0.1, 0.15) is 26.7 Å². The van der Waals surface area contributed by atoms with Gasteiger partial charge in [0.05, 0.1) is 6.61 Å². The van der Waals surface area contributed by atoms with Crippen molar-refractivity contribution in [2.45, 2.75) is 26.7 Å². The molecule has 0 aliphatic carbocycles. The molecule has 2 nitrogen and oxygen atoms in total. The maximum absolute atomic E-state index is 10.2. The molecular weight excluding hydrogens is 148 g/mol. The zero-order chi connectivity index (χ0) is 7.98. The van der Waals surface area contributed by atoms with Crippen molar-refractivity contribution in [2.75, 3.05) is 6.61 Å². The lowest BCUT2D eigenvalue weighted by atomic mass is 10.1. The Labute approximate surface area is 67.4 Å². The average molecular weight is 162 g/mol. The van der Waals surface area contributed by atoms with Crippen LogP contribution in [0.3, 0.4) is 0 Å². The van der Waals surface area contributed by atoms with Gasteiger partial charge in [0.25, 0.3) is 0 Å². The molecule has 0 aromatic rings. The summed E-state index contributed by atoms with van der Waals surface area (Å²) in [5, 5.41) is -0.483. The summed E-state index contributed by atoms with van der Waals surface area (Å²) in [6.45, 7) is 4.66. The first kappa shape index (κ1) is 9.82. The average Bonchev–Trinajstić information content (AvgIpc) is 1.85. The molecule has 0 heterocycles. The van der Waals surface area contributed by atoms with Gasteiger partial charge in [-0.25, -0.2) is 4.79 Å². The number of ether oxygens (including phenoxy) is 1. The Balaban J connectivity index is 3.21. The fourth-order valence-electron chi connectivity index (χ4n) is 0.790. The molecule has 0 N–H and O–H groups in total. The number of rotatable bonds is 4. The van der Waals surface area contributed by atoms with Crippen molar-refractivity contribution in [2.24, 2.45) is 5.92 Å². The zero-order valence-corrected chi connectivity index (χ0v) is 7.36. The molecule has 0 saturated carbocycles. The first-order chi connectivity index (χ1) is 4.66. The molecule has 1 unspecified atom stereocenters. The van der Waals surface area contributed by atoms with Gasteiger partial charge in [0.1, 0.15) is 0 Å². The molecule has 0 aliphatic rings. The third-order valence-electron chi connectivity index (χ3n) is 1.27. The monoisotopic (exact) mass is 162 g/mol. The second-order valence-corrected chi connectivity index (χ2v) is 2.84.